The fourth-order valence-electron chi connectivity index (χ4n) is 4.59. The predicted molar refractivity (Wildman–Crippen MR) is 134 cm³/mol. The maximum atomic E-state index is 6.18. The van der Waals surface area contributed by atoms with E-state index < -0.39 is 0 Å². The van der Waals surface area contributed by atoms with E-state index in [0.29, 0.717) is 39.7 Å². The number of ether oxygens (including phenoxy) is 1. The quantitative estimate of drug-likeness (QED) is 0.275. The van der Waals surface area contributed by atoms with Crippen molar-refractivity contribution in [3.05, 3.63) is 79.4 Å². The highest BCUT2D eigenvalue weighted by Gasteiger charge is 2.27. The van der Waals surface area contributed by atoms with Crippen LogP contribution in [0, 0.1) is 0 Å². The summed E-state index contributed by atoms with van der Waals surface area (Å²) in [5, 5.41) is 15.2. The summed E-state index contributed by atoms with van der Waals surface area (Å²) in [6.07, 6.45) is 4.53. The van der Waals surface area contributed by atoms with Crippen molar-refractivity contribution in [2.75, 3.05) is 5.32 Å². The summed E-state index contributed by atoms with van der Waals surface area (Å²) in [5.41, 5.74) is 5.78. The van der Waals surface area contributed by atoms with Crippen molar-refractivity contribution in [1.82, 2.24) is 25.5 Å². The second kappa shape index (κ2) is 7.90. The van der Waals surface area contributed by atoms with E-state index in [9.17, 15) is 0 Å². The molecule has 0 saturated carbocycles. The number of fused-ring (bicyclic) bond motifs is 3. The molecule has 3 aromatic carbocycles. The summed E-state index contributed by atoms with van der Waals surface area (Å²) in [5.74, 6) is 2.32. The van der Waals surface area contributed by atoms with Gasteiger partial charge in [0.1, 0.15) is 18.0 Å². The van der Waals surface area contributed by atoms with Crippen LogP contribution in [0.1, 0.15) is 0 Å². The lowest BCUT2D eigenvalue weighted by molar-refractivity contribution is 0.391. The van der Waals surface area contributed by atoms with Crippen molar-refractivity contribution in [2.45, 2.75) is 0 Å². The van der Waals surface area contributed by atoms with Crippen LogP contribution in [0.5, 0.6) is 11.5 Å². The maximum Gasteiger partial charge on any atom is 0.252 e. The topological polar surface area (TPSA) is 138 Å². The predicted octanol–water partition coefficient (Wildman–Crippen LogP) is 6.70. The Labute approximate surface area is 212 Å². The van der Waals surface area contributed by atoms with Crippen molar-refractivity contribution >= 4 is 22.5 Å². The van der Waals surface area contributed by atoms with Crippen LogP contribution in [0.4, 0.5) is 11.4 Å². The van der Waals surface area contributed by atoms with E-state index in [4.69, 9.17) is 27.6 Å². The molecule has 1 N–H and O–H groups in total. The van der Waals surface area contributed by atoms with Gasteiger partial charge in [0.15, 0.2) is 28.5 Å². The van der Waals surface area contributed by atoms with Gasteiger partial charge in [-0.15, -0.1) is 5.10 Å². The zero-order valence-corrected chi connectivity index (χ0v) is 19.3. The summed E-state index contributed by atoms with van der Waals surface area (Å²) in [7, 11) is 0. The molecule has 5 heterocycles. The van der Waals surface area contributed by atoms with Gasteiger partial charge < -0.3 is 27.9 Å². The van der Waals surface area contributed by atoms with Gasteiger partial charge >= 0.3 is 0 Å². The van der Waals surface area contributed by atoms with Gasteiger partial charge in [0.2, 0.25) is 11.7 Å². The van der Waals surface area contributed by atoms with E-state index in [1.807, 2.05) is 54.6 Å². The van der Waals surface area contributed by atoms with Gasteiger partial charge in [-0.1, -0.05) is 29.4 Å². The summed E-state index contributed by atoms with van der Waals surface area (Å²) < 4.78 is 28.3. The molecule has 182 valence electrons. The Kier molecular flexibility index (Phi) is 4.26. The number of hydrogen-bond acceptors (Lipinski definition) is 11. The van der Waals surface area contributed by atoms with E-state index in [0.717, 1.165) is 28.3 Å². The molecule has 0 spiro atoms. The number of aromatic nitrogens is 5. The zero-order chi connectivity index (χ0) is 25.1. The molecule has 4 aromatic heterocycles. The number of para-hydroxylation sites is 3. The molecular weight excluding hydrogens is 488 g/mol. The molecule has 8 rings (SSSR count). The largest absolute Gasteiger partial charge is 0.453 e. The standard InChI is InChI=1S/C27H14N6O5/c1-2-6-18-16(5-1)29-22-15(4-3-7-19(22)36-18)14-8-9-20-23(21(14)26-28-11-13-34-26)30-27(37-20)24-25(38-33-31-24)17-10-12-35-32-17/h1-13,29H. The molecule has 11 nitrogen and oxygen atoms in total. The minimum atomic E-state index is 0.203. The lowest BCUT2D eigenvalue weighted by Crippen LogP contribution is -2.04. The number of rotatable bonds is 4. The molecule has 0 fully saturated rings. The molecule has 0 saturated heterocycles. The summed E-state index contributed by atoms with van der Waals surface area (Å²) in [6.45, 7) is 0. The average Bonchev–Trinajstić information content (AvgIpc) is 3.77. The molecule has 0 amide bonds. The molecular formula is C27H14N6O5. The van der Waals surface area contributed by atoms with Gasteiger partial charge in [-0.3, -0.25) is 0 Å². The smallest absolute Gasteiger partial charge is 0.252 e. The number of nitrogens with one attached hydrogen (secondary N) is 1. The second-order valence-corrected chi connectivity index (χ2v) is 8.43. The normalized spacial score (nSPS) is 12.1. The second-order valence-electron chi connectivity index (χ2n) is 8.43. The molecule has 1 aliphatic heterocycles. The van der Waals surface area contributed by atoms with Crippen molar-refractivity contribution in [3.8, 4) is 57.1 Å². The molecule has 38 heavy (non-hydrogen) atoms. The highest BCUT2D eigenvalue weighted by Crippen LogP contribution is 2.49. The van der Waals surface area contributed by atoms with Crippen molar-refractivity contribution in [3.63, 3.8) is 0 Å². The van der Waals surface area contributed by atoms with Gasteiger partial charge in [0, 0.05) is 16.9 Å². The molecule has 1 aliphatic rings. The van der Waals surface area contributed by atoms with E-state index in [1.54, 1.807) is 12.3 Å². The minimum Gasteiger partial charge on any atom is -0.453 e. The summed E-state index contributed by atoms with van der Waals surface area (Å²) in [4.78, 5) is 9.21. The van der Waals surface area contributed by atoms with Crippen LogP contribution in [0.15, 0.2) is 97.3 Å². The molecule has 0 radical (unpaired) electrons. The Morgan fingerprint density at radius 3 is 2.66 bits per heavy atom. The lowest BCUT2D eigenvalue weighted by Gasteiger charge is -2.24. The third kappa shape index (κ3) is 3.05. The van der Waals surface area contributed by atoms with Gasteiger partial charge in [-0.2, -0.15) is 0 Å². The SMILES string of the molecule is c1ccc2c(c1)Nc1c(cccc1-c1ccc3oc(-c4nnoc4-c4ccon4)nc3c1-c1ncco1)O2. The first-order chi connectivity index (χ1) is 18.8. The van der Waals surface area contributed by atoms with Crippen LogP contribution < -0.4 is 10.1 Å². The minimum absolute atomic E-state index is 0.203. The Bertz CT molecular complexity index is 1940. The number of nitrogens with zero attached hydrogens (tertiary/aromatic N) is 5. The van der Waals surface area contributed by atoms with Gasteiger partial charge in [-0.25, -0.2) is 9.97 Å². The van der Waals surface area contributed by atoms with Crippen molar-refractivity contribution in [2.24, 2.45) is 0 Å². The Morgan fingerprint density at radius 1 is 0.816 bits per heavy atom. The highest BCUT2D eigenvalue weighted by atomic mass is 16.5. The van der Waals surface area contributed by atoms with Crippen LogP contribution >= 0.6 is 0 Å². The van der Waals surface area contributed by atoms with Crippen molar-refractivity contribution in [1.29, 1.82) is 0 Å². The number of benzene rings is 3. The first-order valence-electron chi connectivity index (χ1n) is 11.6. The van der Waals surface area contributed by atoms with E-state index in [-0.39, 0.29) is 11.7 Å². The summed E-state index contributed by atoms with van der Waals surface area (Å²) in [6, 6.07) is 19.1. The molecule has 0 bridgehead atoms. The van der Waals surface area contributed by atoms with Crippen LogP contribution in [0.25, 0.3) is 56.7 Å². The Balaban J connectivity index is 1.34. The molecule has 11 heteroatoms. The van der Waals surface area contributed by atoms with Crippen LogP contribution in [0.3, 0.4) is 0 Å². The van der Waals surface area contributed by atoms with E-state index in [2.05, 4.69) is 25.8 Å². The van der Waals surface area contributed by atoms with Crippen molar-refractivity contribution < 1.29 is 22.6 Å². The van der Waals surface area contributed by atoms with Gasteiger partial charge in [0.25, 0.3) is 5.89 Å². The van der Waals surface area contributed by atoms with Crippen LogP contribution in [-0.4, -0.2) is 25.5 Å². The van der Waals surface area contributed by atoms with E-state index in [1.165, 1.54) is 12.5 Å². The fourth-order valence-corrected chi connectivity index (χ4v) is 4.59. The maximum absolute atomic E-state index is 6.18. The third-order valence-electron chi connectivity index (χ3n) is 6.25. The third-order valence-corrected chi connectivity index (χ3v) is 6.25. The first-order valence-corrected chi connectivity index (χ1v) is 11.6. The Morgan fingerprint density at radius 2 is 1.76 bits per heavy atom. The molecule has 0 unspecified atom stereocenters. The van der Waals surface area contributed by atoms with E-state index >= 15 is 0 Å². The lowest BCUT2D eigenvalue weighted by atomic mass is 9.96. The molecule has 7 aromatic rings. The Hall–Kier alpha value is -5.71. The zero-order valence-electron chi connectivity index (χ0n) is 19.3. The monoisotopic (exact) mass is 502 g/mol. The summed E-state index contributed by atoms with van der Waals surface area (Å²) >= 11 is 0. The number of anilines is 2. The number of oxazole rings is 2. The molecule has 0 aliphatic carbocycles. The van der Waals surface area contributed by atoms with Gasteiger partial charge in [-0.05, 0) is 35.9 Å². The number of hydrogen-bond donors (Lipinski definition) is 1. The van der Waals surface area contributed by atoms with Crippen LogP contribution in [0.2, 0.25) is 0 Å². The molecule has 0 atom stereocenters. The van der Waals surface area contributed by atoms with Crippen LogP contribution in [-0.2, 0) is 0 Å². The average molecular weight is 502 g/mol. The fraction of sp³-hybridized carbons (Fsp3) is 0. The van der Waals surface area contributed by atoms with Gasteiger partial charge in [0.05, 0.1) is 23.1 Å². The first kappa shape index (κ1) is 20.5. The highest BCUT2D eigenvalue weighted by molar-refractivity contribution is 6.02.